The molecule has 0 aliphatic rings. The van der Waals surface area contributed by atoms with Crippen LogP contribution in [-0.2, 0) is 12.1 Å². The molecule has 2 aromatic rings. The summed E-state index contributed by atoms with van der Waals surface area (Å²) in [5.41, 5.74) is 2.33. The lowest BCUT2D eigenvalue weighted by Crippen LogP contribution is -2.22. The summed E-state index contributed by atoms with van der Waals surface area (Å²) in [5, 5.41) is 10.5. The Morgan fingerprint density at radius 2 is 1.96 bits per heavy atom. The number of hydrogen-bond donors (Lipinski definition) is 2. The second kappa shape index (κ2) is 8.13. The van der Waals surface area contributed by atoms with E-state index < -0.39 is 0 Å². The molecule has 0 radical (unpaired) electrons. The molecular weight excluding hydrogens is 312 g/mol. The number of nitrogens with one attached hydrogen (secondary N) is 2. The van der Waals surface area contributed by atoms with Crippen LogP contribution >= 0.6 is 12.4 Å². The SMILES string of the molecule is CCNCc1ccccc1NC(=O)c1cnn(C(C)(C)C)c1.Cl. The fourth-order valence-electron chi connectivity index (χ4n) is 2.06. The van der Waals surface area contributed by atoms with Crippen LogP contribution in [0.25, 0.3) is 0 Å². The lowest BCUT2D eigenvalue weighted by atomic mass is 10.1. The molecule has 0 aliphatic heterocycles. The van der Waals surface area contributed by atoms with Crippen LogP contribution in [0, 0.1) is 0 Å². The third-order valence-corrected chi connectivity index (χ3v) is 3.36. The molecule has 1 amide bonds. The van der Waals surface area contributed by atoms with E-state index in [9.17, 15) is 4.79 Å². The van der Waals surface area contributed by atoms with Crippen LogP contribution in [0.4, 0.5) is 5.69 Å². The van der Waals surface area contributed by atoms with Crippen molar-refractivity contribution >= 4 is 24.0 Å². The number of benzene rings is 1. The van der Waals surface area contributed by atoms with Gasteiger partial charge in [0, 0.05) is 18.4 Å². The molecular formula is C17H25ClN4O. The summed E-state index contributed by atoms with van der Waals surface area (Å²) in [7, 11) is 0. The van der Waals surface area contributed by atoms with Crippen LogP contribution in [0.2, 0.25) is 0 Å². The molecule has 2 N–H and O–H groups in total. The van der Waals surface area contributed by atoms with Crippen molar-refractivity contribution in [1.82, 2.24) is 15.1 Å². The number of halogens is 1. The maximum Gasteiger partial charge on any atom is 0.258 e. The van der Waals surface area contributed by atoms with Gasteiger partial charge in [-0.15, -0.1) is 12.4 Å². The monoisotopic (exact) mass is 336 g/mol. The summed E-state index contributed by atoms with van der Waals surface area (Å²) < 4.78 is 1.80. The molecule has 0 atom stereocenters. The molecule has 0 spiro atoms. The first-order valence-electron chi connectivity index (χ1n) is 7.57. The third kappa shape index (κ3) is 5.08. The Bertz CT molecular complexity index is 646. The number of rotatable bonds is 5. The van der Waals surface area contributed by atoms with Gasteiger partial charge in [0.2, 0.25) is 0 Å². The second-order valence-corrected chi connectivity index (χ2v) is 6.24. The van der Waals surface area contributed by atoms with Crippen molar-refractivity contribution in [3.05, 3.63) is 47.8 Å². The molecule has 1 aromatic carbocycles. The van der Waals surface area contributed by atoms with Crippen LogP contribution in [0.15, 0.2) is 36.7 Å². The summed E-state index contributed by atoms with van der Waals surface area (Å²) in [6, 6.07) is 7.82. The van der Waals surface area contributed by atoms with E-state index in [2.05, 4.69) is 22.7 Å². The zero-order chi connectivity index (χ0) is 16.2. The van der Waals surface area contributed by atoms with Crippen molar-refractivity contribution in [1.29, 1.82) is 0 Å². The average molecular weight is 337 g/mol. The number of carbonyl (C=O) groups excluding carboxylic acids is 1. The maximum atomic E-state index is 12.4. The molecule has 1 aromatic heterocycles. The lowest BCUT2D eigenvalue weighted by Gasteiger charge is -2.18. The highest BCUT2D eigenvalue weighted by Crippen LogP contribution is 2.17. The van der Waals surface area contributed by atoms with Crippen molar-refractivity contribution < 1.29 is 4.79 Å². The molecule has 0 bridgehead atoms. The fourth-order valence-corrected chi connectivity index (χ4v) is 2.06. The normalized spacial score (nSPS) is 11.0. The van der Waals surface area contributed by atoms with Gasteiger partial charge < -0.3 is 10.6 Å². The minimum atomic E-state index is -0.139. The number of aromatic nitrogens is 2. The Kier molecular flexibility index (Phi) is 6.79. The van der Waals surface area contributed by atoms with Crippen LogP contribution in [0.5, 0.6) is 0 Å². The van der Waals surface area contributed by atoms with Gasteiger partial charge in [-0.1, -0.05) is 25.1 Å². The molecule has 0 aliphatic carbocycles. The van der Waals surface area contributed by atoms with Gasteiger partial charge in [0.05, 0.1) is 17.3 Å². The zero-order valence-corrected chi connectivity index (χ0v) is 14.9. The van der Waals surface area contributed by atoms with Crippen molar-refractivity contribution in [3.63, 3.8) is 0 Å². The maximum absolute atomic E-state index is 12.4. The number of anilines is 1. The van der Waals surface area contributed by atoms with Gasteiger partial charge in [0.25, 0.3) is 5.91 Å². The van der Waals surface area contributed by atoms with Gasteiger partial charge >= 0.3 is 0 Å². The zero-order valence-electron chi connectivity index (χ0n) is 14.1. The van der Waals surface area contributed by atoms with E-state index in [4.69, 9.17) is 0 Å². The first-order chi connectivity index (χ1) is 10.4. The smallest absolute Gasteiger partial charge is 0.258 e. The summed E-state index contributed by atoms with van der Waals surface area (Å²) in [4.78, 5) is 12.4. The lowest BCUT2D eigenvalue weighted by molar-refractivity contribution is 0.102. The molecule has 0 saturated heterocycles. The summed E-state index contributed by atoms with van der Waals surface area (Å²) in [6.45, 7) is 9.82. The molecule has 2 rings (SSSR count). The highest BCUT2D eigenvalue weighted by atomic mass is 35.5. The summed E-state index contributed by atoms with van der Waals surface area (Å²) in [5.74, 6) is -0.139. The predicted octanol–water partition coefficient (Wildman–Crippen LogP) is 3.42. The first kappa shape index (κ1) is 19.2. The van der Waals surface area contributed by atoms with Crippen LogP contribution in [-0.4, -0.2) is 22.2 Å². The molecule has 0 fully saturated rings. The molecule has 0 saturated carbocycles. The van der Waals surface area contributed by atoms with Crippen LogP contribution in [0.1, 0.15) is 43.6 Å². The van der Waals surface area contributed by atoms with Gasteiger partial charge in [-0.3, -0.25) is 9.48 Å². The standard InChI is InChI=1S/C17H24N4O.ClH/c1-5-18-10-13-8-6-7-9-15(13)20-16(22)14-11-19-21(12-14)17(2,3)4;/h6-9,11-12,18H,5,10H2,1-4H3,(H,20,22);1H. The van der Waals surface area contributed by atoms with Gasteiger partial charge in [0.1, 0.15) is 0 Å². The number of para-hydroxylation sites is 1. The van der Waals surface area contributed by atoms with E-state index in [1.54, 1.807) is 17.1 Å². The Hall–Kier alpha value is -1.85. The molecule has 126 valence electrons. The Morgan fingerprint density at radius 1 is 1.26 bits per heavy atom. The summed E-state index contributed by atoms with van der Waals surface area (Å²) >= 11 is 0. The summed E-state index contributed by atoms with van der Waals surface area (Å²) in [6.07, 6.45) is 3.38. The number of carbonyl (C=O) groups is 1. The van der Waals surface area contributed by atoms with Crippen molar-refractivity contribution in [3.8, 4) is 0 Å². The highest BCUT2D eigenvalue weighted by Gasteiger charge is 2.17. The van der Waals surface area contributed by atoms with E-state index in [0.29, 0.717) is 5.56 Å². The van der Waals surface area contributed by atoms with Gasteiger partial charge in [-0.25, -0.2) is 0 Å². The van der Waals surface area contributed by atoms with Crippen molar-refractivity contribution in [2.45, 2.75) is 39.8 Å². The van der Waals surface area contributed by atoms with E-state index in [-0.39, 0.29) is 23.9 Å². The molecule has 5 nitrogen and oxygen atoms in total. The van der Waals surface area contributed by atoms with E-state index in [1.807, 2.05) is 45.0 Å². The minimum Gasteiger partial charge on any atom is -0.322 e. The Morgan fingerprint density at radius 3 is 2.57 bits per heavy atom. The van der Waals surface area contributed by atoms with Gasteiger partial charge in [0.15, 0.2) is 0 Å². The largest absolute Gasteiger partial charge is 0.322 e. The minimum absolute atomic E-state index is 0. The van der Waals surface area contributed by atoms with Crippen molar-refractivity contribution in [2.75, 3.05) is 11.9 Å². The number of amides is 1. The molecule has 0 unspecified atom stereocenters. The quantitative estimate of drug-likeness (QED) is 0.879. The van der Waals surface area contributed by atoms with E-state index in [0.717, 1.165) is 24.3 Å². The van der Waals surface area contributed by atoms with E-state index >= 15 is 0 Å². The molecule has 1 heterocycles. The van der Waals surface area contributed by atoms with Crippen LogP contribution < -0.4 is 10.6 Å². The molecule has 23 heavy (non-hydrogen) atoms. The Labute approximate surface area is 143 Å². The highest BCUT2D eigenvalue weighted by molar-refractivity contribution is 6.04. The topological polar surface area (TPSA) is 58.9 Å². The van der Waals surface area contributed by atoms with E-state index in [1.165, 1.54) is 0 Å². The Balaban J connectivity index is 0.00000264. The fraction of sp³-hybridized carbons (Fsp3) is 0.412. The average Bonchev–Trinajstić information content (AvgIpc) is 2.96. The first-order valence-corrected chi connectivity index (χ1v) is 7.57. The van der Waals surface area contributed by atoms with Gasteiger partial charge in [-0.05, 0) is 38.9 Å². The van der Waals surface area contributed by atoms with Gasteiger partial charge in [-0.2, -0.15) is 5.10 Å². The number of nitrogens with zero attached hydrogens (tertiary/aromatic N) is 2. The number of hydrogen-bond acceptors (Lipinski definition) is 3. The molecule has 6 heteroatoms. The predicted molar refractivity (Wildman–Crippen MR) is 96.2 cm³/mol. The second-order valence-electron chi connectivity index (χ2n) is 6.24. The third-order valence-electron chi connectivity index (χ3n) is 3.36. The van der Waals surface area contributed by atoms with Crippen LogP contribution in [0.3, 0.4) is 0 Å². The van der Waals surface area contributed by atoms with Crippen molar-refractivity contribution in [2.24, 2.45) is 0 Å².